The summed E-state index contributed by atoms with van der Waals surface area (Å²) in [5.41, 5.74) is 4.72. The molecule has 0 radical (unpaired) electrons. The topological polar surface area (TPSA) is 32.6 Å². The lowest BCUT2D eigenvalue weighted by atomic mass is 10.0. The fourth-order valence-corrected chi connectivity index (χ4v) is 3.31. The molecule has 0 fully saturated rings. The highest BCUT2D eigenvalue weighted by Crippen LogP contribution is 2.20. The first-order valence-corrected chi connectivity index (χ1v) is 7.52. The number of aromatic nitrogens is 3. The first-order chi connectivity index (χ1) is 9.65. The maximum Gasteiger partial charge on any atom is 0.413 e. The molecule has 0 bridgehead atoms. The molecular formula is C15H14N3S2+. The molecule has 0 saturated heterocycles. The molecule has 0 spiro atoms. The SMILES string of the molecule is Cc1cc(-c2ccccc2)cc(C)[n+]1-c1n[nH]c(=S)s1. The van der Waals surface area contributed by atoms with E-state index in [0.717, 1.165) is 16.5 Å². The van der Waals surface area contributed by atoms with Gasteiger partial charge in [-0.25, -0.2) is 0 Å². The molecule has 3 nitrogen and oxygen atoms in total. The number of aromatic amines is 1. The van der Waals surface area contributed by atoms with Gasteiger partial charge in [0, 0.05) is 0 Å². The zero-order chi connectivity index (χ0) is 14.1. The van der Waals surface area contributed by atoms with Crippen molar-refractivity contribution >= 4 is 23.6 Å². The van der Waals surface area contributed by atoms with Crippen LogP contribution >= 0.6 is 23.6 Å². The van der Waals surface area contributed by atoms with Gasteiger partial charge in [0.05, 0.1) is 5.10 Å². The molecule has 0 saturated carbocycles. The van der Waals surface area contributed by atoms with Crippen LogP contribution in [0.2, 0.25) is 0 Å². The average Bonchev–Trinajstić information content (AvgIpc) is 2.85. The van der Waals surface area contributed by atoms with Gasteiger partial charge in [-0.3, -0.25) is 0 Å². The highest BCUT2D eigenvalue weighted by molar-refractivity contribution is 7.73. The molecule has 0 amide bonds. The van der Waals surface area contributed by atoms with Crippen LogP contribution in [-0.2, 0) is 0 Å². The Kier molecular flexibility index (Phi) is 3.46. The molecule has 3 rings (SSSR count). The third-order valence-electron chi connectivity index (χ3n) is 3.16. The van der Waals surface area contributed by atoms with Gasteiger partial charge in [0.2, 0.25) is 3.95 Å². The van der Waals surface area contributed by atoms with Crippen molar-refractivity contribution in [1.29, 1.82) is 0 Å². The zero-order valence-electron chi connectivity index (χ0n) is 11.3. The van der Waals surface area contributed by atoms with Crippen molar-refractivity contribution < 1.29 is 4.57 Å². The Labute approximate surface area is 126 Å². The molecule has 1 N–H and O–H groups in total. The number of benzene rings is 1. The quantitative estimate of drug-likeness (QED) is 0.577. The largest absolute Gasteiger partial charge is 0.413 e. The lowest BCUT2D eigenvalue weighted by molar-refractivity contribution is -0.609. The summed E-state index contributed by atoms with van der Waals surface area (Å²) in [6.45, 7) is 4.17. The molecule has 0 aliphatic carbocycles. The van der Waals surface area contributed by atoms with E-state index in [1.807, 2.05) is 6.07 Å². The molecule has 0 unspecified atom stereocenters. The molecule has 100 valence electrons. The van der Waals surface area contributed by atoms with Crippen molar-refractivity contribution in [3.05, 3.63) is 57.8 Å². The van der Waals surface area contributed by atoms with Crippen LogP contribution in [0.3, 0.4) is 0 Å². The normalized spacial score (nSPS) is 10.7. The summed E-state index contributed by atoms with van der Waals surface area (Å²) in [5, 5.41) is 7.97. The van der Waals surface area contributed by atoms with Crippen molar-refractivity contribution in [1.82, 2.24) is 10.2 Å². The number of nitrogens with one attached hydrogen (secondary N) is 1. The smallest absolute Gasteiger partial charge is 0.187 e. The van der Waals surface area contributed by atoms with E-state index in [9.17, 15) is 0 Å². The number of aryl methyl sites for hydroxylation is 2. The molecule has 0 aliphatic heterocycles. The molecular weight excluding hydrogens is 286 g/mol. The van der Waals surface area contributed by atoms with Crippen LogP contribution in [0.15, 0.2) is 42.5 Å². The first-order valence-electron chi connectivity index (χ1n) is 6.30. The van der Waals surface area contributed by atoms with Crippen LogP contribution in [0.1, 0.15) is 11.4 Å². The van der Waals surface area contributed by atoms with E-state index < -0.39 is 0 Å². The van der Waals surface area contributed by atoms with Crippen LogP contribution in [0.25, 0.3) is 16.3 Å². The fraction of sp³-hybridized carbons (Fsp3) is 0.133. The van der Waals surface area contributed by atoms with Crippen molar-refractivity contribution in [3.8, 4) is 16.3 Å². The molecule has 5 heteroatoms. The third-order valence-corrected chi connectivity index (χ3v) is 4.23. The highest BCUT2D eigenvalue weighted by atomic mass is 32.1. The molecule has 0 aliphatic rings. The standard InChI is InChI=1S/C15H13N3S2/c1-10-8-13(12-6-4-3-5-7-12)9-11(2)18(10)14-16-17-15(19)20-14/h3-9H,1-2H3/p+1. The summed E-state index contributed by atoms with van der Waals surface area (Å²) < 4.78 is 2.81. The summed E-state index contributed by atoms with van der Waals surface area (Å²) in [5.74, 6) is 0. The van der Waals surface area contributed by atoms with Gasteiger partial charge >= 0.3 is 5.13 Å². The van der Waals surface area contributed by atoms with Crippen LogP contribution in [0.5, 0.6) is 0 Å². The second-order valence-electron chi connectivity index (χ2n) is 4.62. The summed E-state index contributed by atoms with van der Waals surface area (Å²) >= 11 is 6.59. The van der Waals surface area contributed by atoms with Crippen molar-refractivity contribution in [2.45, 2.75) is 13.8 Å². The minimum absolute atomic E-state index is 0.693. The first kappa shape index (κ1) is 13.1. The van der Waals surface area contributed by atoms with Crippen molar-refractivity contribution in [2.24, 2.45) is 0 Å². The minimum Gasteiger partial charge on any atom is -0.187 e. The maximum absolute atomic E-state index is 5.11. The lowest BCUT2D eigenvalue weighted by Gasteiger charge is -2.07. The third kappa shape index (κ3) is 2.42. The zero-order valence-corrected chi connectivity index (χ0v) is 12.9. The molecule has 20 heavy (non-hydrogen) atoms. The number of pyridine rings is 1. The lowest BCUT2D eigenvalue weighted by Crippen LogP contribution is -2.37. The number of hydrogen-bond acceptors (Lipinski definition) is 3. The summed E-state index contributed by atoms with van der Waals surface area (Å²) in [4.78, 5) is 0. The Morgan fingerprint density at radius 3 is 2.25 bits per heavy atom. The Morgan fingerprint density at radius 1 is 1.05 bits per heavy atom. The molecule has 3 aromatic rings. The Bertz CT molecular complexity index is 780. The van der Waals surface area contributed by atoms with Crippen LogP contribution in [-0.4, -0.2) is 10.2 Å². The Morgan fingerprint density at radius 2 is 1.70 bits per heavy atom. The van der Waals surface area contributed by atoms with Crippen molar-refractivity contribution in [3.63, 3.8) is 0 Å². The van der Waals surface area contributed by atoms with Crippen LogP contribution in [0.4, 0.5) is 0 Å². The highest BCUT2D eigenvalue weighted by Gasteiger charge is 2.17. The van der Waals surface area contributed by atoms with Crippen LogP contribution < -0.4 is 4.57 Å². The number of rotatable bonds is 2. The second kappa shape index (κ2) is 5.26. The molecule has 2 heterocycles. The van der Waals surface area contributed by atoms with Gasteiger partial charge in [-0.05, 0) is 60.7 Å². The second-order valence-corrected chi connectivity index (χ2v) is 6.27. The van der Waals surface area contributed by atoms with E-state index in [1.165, 1.54) is 22.5 Å². The van der Waals surface area contributed by atoms with Gasteiger partial charge in [-0.2, -0.15) is 9.67 Å². The predicted octanol–water partition coefficient (Wildman–Crippen LogP) is 3.76. The average molecular weight is 300 g/mol. The van der Waals surface area contributed by atoms with Gasteiger partial charge in [-0.1, -0.05) is 30.3 Å². The summed E-state index contributed by atoms with van der Waals surface area (Å²) in [7, 11) is 0. The minimum atomic E-state index is 0.693. The van der Waals surface area contributed by atoms with Gasteiger partial charge < -0.3 is 0 Å². The van der Waals surface area contributed by atoms with E-state index in [4.69, 9.17) is 12.2 Å². The van der Waals surface area contributed by atoms with E-state index in [1.54, 1.807) is 0 Å². The summed E-state index contributed by atoms with van der Waals surface area (Å²) in [6.07, 6.45) is 0. The number of nitrogens with zero attached hydrogens (tertiary/aromatic N) is 2. The number of hydrogen-bond donors (Lipinski definition) is 1. The van der Waals surface area contributed by atoms with E-state index in [0.29, 0.717) is 3.95 Å². The maximum atomic E-state index is 5.11. The Balaban J connectivity index is 2.14. The molecule has 1 aromatic carbocycles. The summed E-state index contributed by atoms with van der Waals surface area (Å²) in [6, 6.07) is 14.7. The van der Waals surface area contributed by atoms with E-state index >= 15 is 0 Å². The van der Waals surface area contributed by atoms with E-state index in [2.05, 4.69) is 65.0 Å². The molecule has 2 aromatic heterocycles. The van der Waals surface area contributed by atoms with Gasteiger partial charge in [0.1, 0.15) is 11.4 Å². The van der Waals surface area contributed by atoms with Gasteiger partial charge in [0.25, 0.3) is 0 Å². The number of H-pyrrole nitrogens is 1. The van der Waals surface area contributed by atoms with Gasteiger partial charge in [-0.15, -0.1) is 0 Å². The predicted molar refractivity (Wildman–Crippen MR) is 83.7 cm³/mol. The van der Waals surface area contributed by atoms with Crippen molar-refractivity contribution in [2.75, 3.05) is 0 Å². The fourth-order valence-electron chi connectivity index (χ4n) is 2.32. The van der Waals surface area contributed by atoms with E-state index in [-0.39, 0.29) is 0 Å². The Hall–Kier alpha value is -1.85. The monoisotopic (exact) mass is 300 g/mol. The molecule has 0 atom stereocenters. The van der Waals surface area contributed by atoms with Gasteiger partial charge in [0.15, 0.2) is 0 Å². The van der Waals surface area contributed by atoms with Crippen LogP contribution in [0, 0.1) is 17.8 Å².